The highest BCUT2D eigenvalue weighted by atomic mass is 16.3. The van der Waals surface area contributed by atoms with Gasteiger partial charge in [-0.2, -0.15) is 0 Å². The zero-order valence-electron chi connectivity index (χ0n) is 30.1. The largest absolute Gasteiger partial charge is 0.456 e. The van der Waals surface area contributed by atoms with E-state index in [-0.39, 0.29) is 0 Å². The van der Waals surface area contributed by atoms with Gasteiger partial charge in [-0.1, -0.05) is 164 Å². The second kappa shape index (κ2) is 13.0. The van der Waals surface area contributed by atoms with E-state index in [2.05, 4.69) is 115 Å². The van der Waals surface area contributed by atoms with Gasteiger partial charge in [0.2, 0.25) is 0 Å². The van der Waals surface area contributed by atoms with Crippen LogP contribution in [0.25, 0.3) is 111 Å². The monoisotopic (exact) mass is 717 g/mol. The zero-order chi connectivity index (χ0) is 37.0. The normalized spacial score (nSPS) is 11.6. The van der Waals surface area contributed by atoms with Crippen LogP contribution >= 0.6 is 0 Å². The third kappa shape index (κ3) is 5.37. The third-order valence-corrected chi connectivity index (χ3v) is 10.6. The van der Waals surface area contributed by atoms with E-state index < -0.39 is 0 Å². The Hall–Kier alpha value is -7.63. The Bertz CT molecular complexity index is 3180. The Balaban J connectivity index is 0.977. The number of furan rings is 2. The summed E-state index contributed by atoms with van der Waals surface area (Å²) in [6.45, 7) is 0. The predicted molar refractivity (Wildman–Crippen MR) is 227 cm³/mol. The highest BCUT2D eigenvalue weighted by Gasteiger charge is 2.19. The van der Waals surface area contributed by atoms with Crippen molar-refractivity contribution in [2.24, 2.45) is 0 Å². The number of para-hydroxylation sites is 2. The van der Waals surface area contributed by atoms with E-state index in [0.29, 0.717) is 17.5 Å². The van der Waals surface area contributed by atoms with Gasteiger partial charge in [-0.05, 0) is 52.1 Å². The molecule has 0 atom stereocenters. The number of nitrogens with zero attached hydrogens (tertiary/aromatic N) is 3. The van der Waals surface area contributed by atoms with Crippen LogP contribution in [0.2, 0.25) is 0 Å². The highest BCUT2D eigenvalue weighted by molar-refractivity contribution is 6.16. The minimum Gasteiger partial charge on any atom is -0.456 e. The molecule has 262 valence electrons. The van der Waals surface area contributed by atoms with E-state index in [1.165, 1.54) is 0 Å². The fourth-order valence-corrected chi connectivity index (χ4v) is 7.89. The number of rotatable bonds is 6. The summed E-state index contributed by atoms with van der Waals surface area (Å²) in [6.07, 6.45) is 0. The number of fused-ring (bicyclic) bond motifs is 6. The molecule has 0 unspecified atom stereocenters. The number of benzene rings is 8. The first kappa shape index (κ1) is 31.9. The Morgan fingerprint density at radius 2 is 0.786 bits per heavy atom. The van der Waals surface area contributed by atoms with Gasteiger partial charge in [0.25, 0.3) is 0 Å². The summed E-state index contributed by atoms with van der Waals surface area (Å²) in [5.41, 5.74) is 12.8. The van der Waals surface area contributed by atoms with Gasteiger partial charge < -0.3 is 8.83 Å². The summed E-state index contributed by atoms with van der Waals surface area (Å²) in [6, 6.07) is 64.5. The number of aromatic nitrogens is 3. The van der Waals surface area contributed by atoms with Crippen LogP contribution in [0, 0.1) is 0 Å². The van der Waals surface area contributed by atoms with Crippen LogP contribution in [-0.4, -0.2) is 15.0 Å². The van der Waals surface area contributed by atoms with Crippen molar-refractivity contribution in [3.8, 4) is 67.5 Å². The van der Waals surface area contributed by atoms with Crippen LogP contribution in [0.3, 0.4) is 0 Å². The average Bonchev–Trinajstić information content (AvgIpc) is 3.85. The van der Waals surface area contributed by atoms with Crippen molar-refractivity contribution in [2.75, 3.05) is 0 Å². The van der Waals surface area contributed by atoms with E-state index in [1.54, 1.807) is 0 Å². The van der Waals surface area contributed by atoms with Crippen molar-refractivity contribution in [1.29, 1.82) is 0 Å². The lowest BCUT2D eigenvalue weighted by molar-refractivity contribution is 0.669. The van der Waals surface area contributed by atoms with Crippen molar-refractivity contribution in [3.63, 3.8) is 0 Å². The summed E-state index contributed by atoms with van der Waals surface area (Å²) in [5.74, 6) is 1.91. The maximum Gasteiger partial charge on any atom is 0.164 e. The molecule has 5 heteroatoms. The van der Waals surface area contributed by atoms with E-state index in [9.17, 15) is 0 Å². The van der Waals surface area contributed by atoms with Crippen molar-refractivity contribution >= 4 is 43.9 Å². The van der Waals surface area contributed by atoms with Crippen LogP contribution in [0.4, 0.5) is 0 Å². The van der Waals surface area contributed by atoms with Crippen LogP contribution in [0.5, 0.6) is 0 Å². The van der Waals surface area contributed by atoms with Gasteiger partial charge in [0.1, 0.15) is 22.3 Å². The maximum absolute atomic E-state index is 6.59. The molecular formula is C51H31N3O2. The van der Waals surface area contributed by atoms with Gasteiger partial charge in [-0.25, -0.2) is 15.0 Å². The van der Waals surface area contributed by atoms with Crippen molar-refractivity contribution < 1.29 is 8.83 Å². The molecule has 5 nitrogen and oxygen atoms in total. The minimum absolute atomic E-state index is 0.626. The molecule has 56 heavy (non-hydrogen) atoms. The van der Waals surface area contributed by atoms with E-state index in [4.69, 9.17) is 23.8 Å². The Labute approximate surface area is 322 Å². The molecule has 0 aliphatic heterocycles. The molecule has 0 N–H and O–H groups in total. The van der Waals surface area contributed by atoms with Gasteiger partial charge in [-0.15, -0.1) is 0 Å². The number of hydrogen-bond acceptors (Lipinski definition) is 5. The molecule has 0 saturated carbocycles. The summed E-state index contributed by atoms with van der Waals surface area (Å²) in [4.78, 5) is 14.7. The molecule has 0 saturated heterocycles. The zero-order valence-corrected chi connectivity index (χ0v) is 30.1. The van der Waals surface area contributed by atoms with Crippen molar-refractivity contribution in [1.82, 2.24) is 15.0 Å². The molecule has 0 spiro atoms. The predicted octanol–water partition coefficient (Wildman–Crippen LogP) is 13.7. The molecule has 0 aliphatic carbocycles. The van der Waals surface area contributed by atoms with Crippen molar-refractivity contribution in [3.05, 3.63) is 188 Å². The molecule has 3 aromatic heterocycles. The second-order valence-corrected chi connectivity index (χ2v) is 13.9. The van der Waals surface area contributed by atoms with E-state index >= 15 is 0 Å². The summed E-state index contributed by atoms with van der Waals surface area (Å²) < 4.78 is 13.1. The first-order valence-corrected chi connectivity index (χ1v) is 18.7. The molecule has 0 amide bonds. The van der Waals surface area contributed by atoms with Crippen LogP contribution in [0.1, 0.15) is 0 Å². The molecule has 0 aliphatic rings. The molecule has 0 bridgehead atoms. The third-order valence-electron chi connectivity index (χ3n) is 10.6. The first-order chi connectivity index (χ1) is 27.7. The molecular weight excluding hydrogens is 687 g/mol. The lowest BCUT2D eigenvalue weighted by Crippen LogP contribution is -2.00. The number of hydrogen-bond donors (Lipinski definition) is 0. The standard InChI is InChI=1S/C51H31N3O2/c1-3-13-33(14-4-1)49-52-50(34-15-5-2-6-16-34)54-51(53-49)35-27-25-32(26-28-35)36-29-30-43-46(31-36)55-45-24-12-20-40(47(43)45)37-17-7-8-18-38(37)41-21-11-22-42-39-19-9-10-23-44(39)56-48(41)42/h1-31H. The molecule has 11 rings (SSSR count). The van der Waals surface area contributed by atoms with Crippen molar-refractivity contribution in [2.45, 2.75) is 0 Å². The van der Waals surface area contributed by atoms with Crippen LogP contribution in [-0.2, 0) is 0 Å². The smallest absolute Gasteiger partial charge is 0.164 e. The summed E-state index contributed by atoms with van der Waals surface area (Å²) >= 11 is 0. The molecule has 0 fully saturated rings. The van der Waals surface area contributed by atoms with E-state index in [0.717, 1.165) is 93.9 Å². The summed E-state index contributed by atoms with van der Waals surface area (Å²) in [5, 5.41) is 4.39. The second-order valence-electron chi connectivity index (χ2n) is 13.9. The summed E-state index contributed by atoms with van der Waals surface area (Å²) in [7, 11) is 0. The lowest BCUT2D eigenvalue weighted by Gasteiger charge is -2.12. The maximum atomic E-state index is 6.59. The highest BCUT2D eigenvalue weighted by Crippen LogP contribution is 2.44. The van der Waals surface area contributed by atoms with E-state index in [1.807, 2.05) is 72.8 Å². The Morgan fingerprint density at radius 3 is 1.50 bits per heavy atom. The minimum atomic E-state index is 0.626. The Morgan fingerprint density at radius 1 is 0.286 bits per heavy atom. The molecule has 8 aromatic carbocycles. The van der Waals surface area contributed by atoms with Gasteiger partial charge in [0, 0.05) is 43.8 Å². The fourth-order valence-electron chi connectivity index (χ4n) is 7.89. The molecule has 0 radical (unpaired) electrons. The van der Waals surface area contributed by atoms with Gasteiger partial charge in [0.05, 0.1) is 0 Å². The van der Waals surface area contributed by atoms with Gasteiger partial charge >= 0.3 is 0 Å². The fraction of sp³-hybridized carbons (Fsp3) is 0. The topological polar surface area (TPSA) is 65.0 Å². The van der Waals surface area contributed by atoms with Crippen LogP contribution < -0.4 is 0 Å². The quantitative estimate of drug-likeness (QED) is 0.171. The molecule has 11 aromatic rings. The first-order valence-electron chi connectivity index (χ1n) is 18.7. The van der Waals surface area contributed by atoms with Crippen LogP contribution in [0.15, 0.2) is 197 Å². The SMILES string of the molecule is c1ccc(-c2nc(-c3ccccc3)nc(-c3ccc(-c4ccc5c(c4)oc4cccc(-c6ccccc6-c6cccc7c6oc6ccccc67)c45)cc3)n2)cc1. The average molecular weight is 718 g/mol. The van der Waals surface area contributed by atoms with Gasteiger partial charge in [-0.3, -0.25) is 0 Å². The molecule has 3 heterocycles. The lowest BCUT2D eigenvalue weighted by atomic mass is 9.91. The van der Waals surface area contributed by atoms with Gasteiger partial charge in [0.15, 0.2) is 17.5 Å². The Kier molecular flexibility index (Phi) is 7.42.